The summed E-state index contributed by atoms with van der Waals surface area (Å²) in [7, 11) is 0. The average Bonchev–Trinajstić information content (AvgIpc) is 2.78. The smallest absolute Gasteiger partial charge is 0.257 e. The molecule has 0 radical (unpaired) electrons. The normalized spacial score (nSPS) is 22.7. The van der Waals surface area contributed by atoms with Crippen LogP contribution in [0, 0.1) is 11.7 Å². The molecule has 6 heteroatoms. The SMILES string of the molecule is CC1CN(CC2CCN(C(=O)c3ccccc3OCc3ccc(F)cc3)CC2)CC(C)O1. The van der Waals surface area contributed by atoms with Crippen molar-refractivity contribution in [1.82, 2.24) is 9.80 Å². The molecule has 0 saturated carbocycles. The van der Waals surface area contributed by atoms with Crippen LogP contribution in [0.3, 0.4) is 0 Å². The molecule has 0 bridgehead atoms. The minimum Gasteiger partial charge on any atom is -0.488 e. The van der Waals surface area contributed by atoms with Crippen molar-refractivity contribution in [3.63, 3.8) is 0 Å². The molecule has 0 aliphatic carbocycles. The highest BCUT2D eigenvalue weighted by atomic mass is 19.1. The summed E-state index contributed by atoms with van der Waals surface area (Å²) in [6.07, 6.45) is 2.60. The maximum atomic E-state index is 13.2. The van der Waals surface area contributed by atoms with E-state index in [0.717, 1.165) is 51.1 Å². The van der Waals surface area contributed by atoms with Crippen molar-refractivity contribution in [3.05, 3.63) is 65.5 Å². The summed E-state index contributed by atoms with van der Waals surface area (Å²) in [5, 5.41) is 0. The Morgan fingerprint density at radius 2 is 1.69 bits per heavy atom. The molecule has 2 aromatic rings. The van der Waals surface area contributed by atoms with Crippen molar-refractivity contribution in [1.29, 1.82) is 0 Å². The number of carbonyl (C=O) groups is 1. The van der Waals surface area contributed by atoms with Crippen LogP contribution < -0.4 is 4.74 Å². The van der Waals surface area contributed by atoms with E-state index in [9.17, 15) is 9.18 Å². The fourth-order valence-corrected chi connectivity index (χ4v) is 4.80. The Morgan fingerprint density at radius 1 is 1.03 bits per heavy atom. The van der Waals surface area contributed by atoms with Gasteiger partial charge in [0.15, 0.2) is 0 Å². The van der Waals surface area contributed by atoms with E-state index < -0.39 is 0 Å². The van der Waals surface area contributed by atoms with Crippen LogP contribution in [0.1, 0.15) is 42.6 Å². The largest absolute Gasteiger partial charge is 0.488 e. The molecule has 172 valence electrons. The number of benzene rings is 2. The van der Waals surface area contributed by atoms with Crippen molar-refractivity contribution in [2.24, 2.45) is 5.92 Å². The Hall–Kier alpha value is -2.44. The lowest BCUT2D eigenvalue weighted by molar-refractivity contribution is -0.0728. The van der Waals surface area contributed by atoms with E-state index in [0.29, 0.717) is 23.8 Å². The Bertz CT molecular complexity index is 886. The van der Waals surface area contributed by atoms with Crippen LogP contribution in [0.15, 0.2) is 48.5 Å². The van der Waals surface area contributed by atoms with Gasteiger partial charge in [0.1, 0.15) is 18.2 Å². The lowest BCUT2D eigenvalue weighted by atomic mass is 9.95. The van der Waals surface area contributed by atoms with E-state index in [1.165, 1.54) is 12.1 Å². The van der Waals surface area contributed by atoms with Gasteiger partial charge < -0.3 is 14.4 Å². The number of likely N-dealkylation sites (tertiary alicyclic amines) is 1. The number of hydrogen-bond donors (Lipinski definition) is 0. The van der Waals surface area contributed by atoms with Gasteiger partial charge in [-0.1, -0.05) is 24.3 Å². The molecule has 2 unspecified atom stereocenters. The second-order valence-corrected chi connectivity index (χ2v) is 9.12. The van der Waals surface area contributed by atoms with Crippen molar-refractivity contribution in [2.75, 3.05) is 32.7 Å². The third-order valence-corrected chi connectivity index (χ3v) is 6.34. The van der Waals surface area contributed by atoms with Gasteiger partial charge in [-0.25, -0.2) is 4.39 Å². The molecule has 2 saturated heterocycles. The summed E-state index contributed by atoms with van der Waals surface area (Å²) in [6.45, 7) is 9.17. The predicted molar refractivity (Wildman–Crippen MR) is 122 cm³/mol. The zero-order valence-electron chi connectivity index (χ0n) is 19.0. The third-order valence-electron chi connectivity index (χ3n) is 6.34. The van der Waals surface area contributed by atoms with E-state index in [1.807, 2.05) is 29.2 Å². The van der Waals surface area contributed by atoms with Gasteiger partial charge >= 0.3 is 0 Å². The zero-order chi connectivity index (χ0) is 22.5. The standard InChI is InChI=1S/C26H33FN2O3/c1-19-15-28(16-20(2)32-19)17-21-11-13-29(14-12-21)26(30)24-5-3-4-6-25(24)31-18-22-7-9-23(27)10-8-22/h3-10,19-21H,11-18H2,1-2H3. The molecule has 0 spiro atoms. The number of halogens is 1. The van der Waals surface area contributed by atoms with E-state index in [2.05, 4.69) is 18.7 Å². The van der Waals surface area contributed by atoms with Gasteiger partial charge in [-0.15, -0.1) is 0 Å². The summed E-state index contributed by atoms with van der Waals surface area (Å²) in [5.74, 6) is 0.930. The summed E-state index contributed by atoms with van der Waals surface area (Å²) >= 11 is 0. The Kier molecular flexibility index (Phi) is 7.43. The van der Waals surface area contributed by atoms with Crippen LogP contribution in [0.25, 0.3) is 0 Å². The van der Waals surface area contributed by atoms with Crippen molar-refractivity contribution in [3.8, 4) is 5.75 Å². The second kappa shape index (κ2) is 10.5. The fraction of sp³-hybridized carbons (Fsp3) is 0.500. The van der Waals surface area contributed by atoms with Crippen LogP contribution in [0.4, 0.5) is 4.39 Å². The van der Waals surface area contributed by atoms with Crippen LogP contribution in [-0.4, -0.2) is 60.6 Å². The van der Waals surface area contributed by atoms with Gasteiger partial charge in [-0.05, 0) is 62.4 Å². The lowest BCUT2D eigenvalue weighted by Gasteiger charge is -2.39. The van der Waals surface area contributed by atoms with Crippen LogP contribution in [0.5, 0.6) is 5.75 Å². The molecule has 2 fully saturated rings. The van der Waals surface area contributed by atoms with Gasteiger partial charge in [-0.2, -0.15) is 0 Å². The molecule has 2 aliphatic heterocycles. The van der Waals surface area contributed by atoms with Gasteiger partial charge in [0.2, 0.25) is 0 Å². The Labute approximate surface area is 190 Å². The number of ether oxygens (including phenoxy) is 2. The maximum absolute atomic E-state index is 13.2. The first-order valence-electron chi connectivity index (χ1n) is 11.6. The fourth-order valence-electron chi connectivity index (χ4n) is 4.80. The first-order valence-corrected chi connectivity index (χ1v) is 11.6. The summed E-state index contributed by atoms with van der Waals surface area (Å²) in [4.78, 5) is 17.7. The van der Waals surface area contributed by atoms with Gasteiger partial charge in [0.05, 0.1) is 17.8 Å². The second-order valence-electron chi connectivity index (χ2n) is 9.12. The highest BCUT2D eigenvalue weighted by Gasteiger charge is 2.29. The summed E-state index contributed by atoms with van der Waals surface area (Å²) in [6, 6.07) is 13.6. The number of rotatable bonds is 6. The molecular weight excluding hydrogens is 407 g/mol. The Morgan fingerprint density at radius 3 is 2.38 bits per heavy atom. The number of morpholine rings is 1. The lowest BCUT2D eigenvalue weighted by Crippen LogP contribution is -2.48. The molecule has 2 aliphatic rings. The molecule has 2 atom stereocenters. The van der Waals surface area contributed by atoms with Gasteiger partial charge in [0, 0.05) is 32.7 Å². The van der Waals surface area contributed by atoms with Crippen LogP contribution in [0.2, 0.25) is 0 Å². The van der Waals surface area contributed by atoms with Crippen LogP contribution in [-0.2, 0) is 11.3 Å². The quantitative estimate of drug-likeness (QED) is 0.669. The molecule has 2 heterocycles. The van der Waals surface area contributed by atoms with E-state index in [-0.39, 0.29) is 23.9 Å². The number of nitrogens with zero attached hydrogens (tertiary/aromatic N) is 2. The van der Waals surface area contributed by atoms with Gasteiger partial charge in [0.25, 0.3) is 5.91 Å². The van der Waals surface area contributed by atoms with Gasteiger partial charge in [-0.3, -0.25) is 9.69 Å². The molecular formula is C26H33FN2O3. The number of hydrogen-bond acceptors (Lipinski definition) is 4. The number of para-hydroxylation sites is 1. The monoisotopic (exact) mass is 440 g/mol. The zero-order valence-corrected chi connectivity index (χ0v) is 19.0. The Balaban J connectivity index is 1.31. The first-order chi connectivity index (χ1) is 15.5. The van der Waals surface area contributed by atoms with Crippen molar-refractivity contribution >= 4 is 5.91 Å². The van der Waals surface area contributed by atoms with Crippen molar-refractivity contribution < 1.29 is 18.7 Å². The number of carbonyl (C=O) groups excluding carboxylic acids is 1. The topological polar surface area (TPSA) is 42.0 Å². The molecule has 32 heavy (non-hydrogen) atoms. The minimum absolute atomic E-state index is 0.0202. The van der Waals surface area contributed by atoms with E-state index >= 15 is 0 Å². The van der Waals surface area contributed by atoms with Crippen molar-refractivity contribution in [2.45, 2.75) is 45.5 Å². The maximum Gasteiger partial charge on any atom is 0.257 e. The first kappa shape index (κ1) is 22.7. The highest BCUT2D eigenvalue weighted by Crippen LogP contribution is 2.26. The predicted octanol–water partition coefficient (Wildman–Crippen LogP) is 4.37. The minimum atomic E-state index is -0.273. The number of piperidine rings is 1. The number of amides is 1. The molecule has 1 amide bonds. The van der Waals surface area contributed by atoms with Crippen LogP contribution >= 0.6 is 0 Å². The average molecular weight is 441 g/mol. The molecule has 0 N–H and O–H groups in total. The summed E-state index contributed by atoms with van der Waals surface area (Å²) < 4.78 is 24.9. The molecule has 5 nitrogen and oxygen atoms in total. The van der Waals surface area contributed by atoms with E-state index in [1.54, 1.807) is 12.1 Å². The summed E-state index contributed by atoms with van der Waals surface area (Å²) in [5.41, 5.74) is 1.45. The molecule has 4 rings (SSSR count). The highest BCUT2D eigenvalue weighted by molar-refractivity contribution is 5.97. The van der Waals surface area contributed by atoms with E-state index in [4.69, 9.17) is 9.47 Å². The molecule has 0 aromatic heterocycles. The molecule has 2 aromatic carbocycles. The third kappa shape index (κ3) is 5.87.